The molecule has 1 rings (SSSR count). The predicted molar refractivity (Wildman–Crippen MR) is 66.8 cm³/mol. The van der Waals surface area contributed by atoms with Crippen molar-refractivity contribution in [2.45, 2.75) is 32.7 Å². The highest BCUT2D eigenvalue weighted by atomic mass is 79.9. The summed E-state index contributed by atoms with van der Waals surface area (Å²) in [4.78, 5) is 0. The summed E-state index contributed by atoms with van der Waals surface area (Å²) in [6.45, 7) is 4.48. The van der Waals surface area contributed by atoms with Crippen molar-refractivity contribution in [1.29, 1.82) is 0 Å². The number of aryl methyl sites for hydroxylation is 1. The molecule has 1 aromatic rings. The highest BCUT2D eigenvalue weighted by molar-refractivity contribution is 9.10. The van der Waals surface area contributed by atoms with Crippen LogP contribution in [0.3, 0.4) is 0 Å². The van der Waals surface area contributed by atoms with Gasteiger partial charge in [-0.25, -0.2) is 0 Å². The summed E-state index contributed by atoms with van der Waals surface area (Å²) in [7, 11) is 4.01. The number of nitrogens with zero attached hydrogens (tertiary/aromatic N) is 2. The molecule has 1 atom stereocenters. The monoisotopic (exact) mass is 273 g/mol. The van der Waals surface area contributed by atoms with Gasteiger partial charge in [-0.3, -0.25) is 4.68 Å². The van der Waals surface area contributed by atoms with E-state index in [1.165, 1.54) is 18.5 Å². The van der Waals surface area contributed by atoms with Crippen LogP contribution in [0.4, 0.5) is 0 Å². The van der Waals surface area contributed by atoms with Crippen LogP contribution >= 0.6 is 15.9 Å². The van der Waals surface area contributed by atoms with Gasteiger partial charge in [-0.05, 0) is 28.9 Å². The highest BCUT2D eigenvalue weighted by Crippen LogP contribution is 2.31. The minimum atomic E-state index is 0.377. The van der Waals surface area contributed by atoms with E-state index < -0.39 is 0 Å². The molecule has 0 bridgehead atoms. The minimum Gasteiger partial charge on any atom is -0.311 e. The first kappa shape index (κ1) is 12.7. The number of halogens is 1. The second-order valence-electron chi connectivity index (χ2n) is 3.84. The van der Waals surface area contributed by atoms with Gasteiger partial charge in [-0.1, -0.05) is 26.7 Å². The molecule has 3 nitrogen and oxygen atoms in total. The van der Waals surface area contributed by atoms with E-state index >= 15 is 0 Å². The van der Waals surface area contributed by atoms with Crippen LogP contribution in [-0.2, 0) is 7.05 Å². The van der Waals surface area contributed by atoms with Crippen LogP contribution in [0, 0.1) is 5.92 Å². The van der Waals surface area contributed by atoms with Crippen LogP contribution in [-0.4, -0.2) is 16.8 Å². The van der Waals surface area contributed by atoms with Crippen molar-refractivity contribution in [3.63, 3.8) is 0 Å². The van der Waals surface area contributed by atoms with Gasteiger partial charge in [0.05, 0.1) is 22.4 Å². The molecule has 86 valence electrons. The minimum absolute atomic E-state index is 0.377. The number of rotatable bonds is 5. The molecule has 0 saturated heterocycles. The van der Waals surface area contributed by atoms with Crippen LogP contribution in [0.5, 0.6) is 0 Å². The fraction of sp³-hybridized carbons (Fsp3) is 0.727. The topological polar surface area (TPSA) is 29.9 Å². The van der Waals surface area contributed by atoms with Crippen LogP contribution < -0.4 is 5.32 Å². The molecule has 0 fully saturated rings. The Morgan fingerprint density at radius 2 is 2.07 bits per heavy atom. The molecule has 0 spiro atoms. The smallest absolute Gasteiger partial charge is 0.0695 e. The molecule has 1 N–H and O–H groups in total. The maximum atomic E-state index is 4.27. The average molecular weight is 274 g/mol. The molecular formula is C11H20BrN3. The largest absolute Gasteiger partial charge is 0.311 e. The highest BCUT2D eigenvalue weighted by Gasteiger charge is 2.23. The molecule has 1 heterocycles. The fourth-order valence-electron chi connectivity index (χ4n) is 2.13. The van der Waals surface area contributed by atoms with E-state index in [2.05, 4.69) is 40.2 Å². The van der Waals surface area contributed by atoms with Crippen molar-refractivity contribution in [3.8, 4) is 0 Å². The Bertz CT molecular complexity index is 285. The lowest BCUT2D eigenvalue weighted by Gasteiger charge is -2.25. The first-order valence-corrected chi connectivity index (χ1v) is 6.29. The van der Waals surface area contributed by atoms with Crippen molar-refractivity contribution < 1.29 is 0 Å². The molecular weight excluding hydrogens is 254 g/mol. The number of nitrogens with one attached hydrogen (secondary N) is 1. The Morgan fingerprint density at radius 3 is 2.40 bits per heavy atom. The van der Waals surface area contributed by atoms with E-state index in [9.17, 15) is 0 Å². The number of hydrogen-bond donors (Lipinski definition) is 1. The maximum Gasteiger partial charge on any atom is 0.0695 e. The summed E-state index contributed by atoms with van der Waals surface area (Å²) in [6.07, 6.45) is 4.22. The van der Waals surface area contributed by atoms with Gasteiger partial charge in [0.15, 0.2) is 0 Å². The predicted octanol–water partition coefficient (Wildman–Crippen LogP) is 2.88. The third-order valence-corrected chi connectivity index (χ3v) is 3.67. The zero-order chi connectivity index (χ0) is 11.4. The Balaban J connectivity index is 3.01. The Hall–Kier alpha value is -0.350. The van der Waals surface area contributed by atoms with Gasteiger partial charge in [0.1, 0.15) is 0 Å². The van der Waals surface area contributed by atoms with E-state index in [-0.39, 0.29) is 0 Å². The van der Waals surface area contributed by atoms with Crippen LogP contribution in [0.1, 0.15) is 38.4 Å². The second-order valence-corrected chi connectivity index (χ2v) is 4.70. The lowest BCUT2D eigenvalue weighted by atomic mass is 9.92. The fourth-order valence-corrected chi connectivity index (χ4v) is 2.72. The molecule has 0 saturated carbocycles. The van der Waals surface area contributed by atoms with Crippen LogP contribution in [0.15, 0.2) is 10.7 Å². The quantitative estimate of drug-likeness (QED) is 0.894. The summed E-state index contributed by atoms with van der Waals surface area (Å²) in [5.41, 5.74) is 1.24. The van der Waals surface area contributed by atoms with Crippen molar-refractivity contribution in [1.82, 2.24) is 15.1 Å². The number of hydrogen-bond acceptors (Lipinski definition) is 2. The SMILES string of the molecule is CCC(CC)C(NC)c1c(Br)cnn1C. The van der Waals surface area contributed by atoms with E-state index in [1.807, 2.05) is 25.0 Å². The standard InChI is InChI=1S/C11H20BrN3/c1-5-8(6-2)10(13-3)11-9(12)7-14-15(11)4/h7-8,10,13H,5-6H2,1-4H3. The molecule has 0 radical (unpaired) electrons. The summed E-state index contributed by atoms with van der Waals surface area (Å²) in [5.74, 6) is 0.654. The van der Waals surface area contributed by atoms with E-state index in [4.69, 9.17) is 0 Å². The van der Waals surface area contributed by atoms with Gasteiger partial charge in [-0.15, -0.1) is 0 Å². The third-order valence-electron chi connectivity index (χ3n) is 3.06. The second kappa shape index (κ2) is 5.66. The van der Waals surface area contributed by atoms with Gasteiger partial charge in [0.2, 0.25) is 0 Å². The van der Waals surface area contributed by atoms with E-state index in [0.29, 0.717) is 12.0 Å². The Morgan fingerprint density at radius 1 is 1.47 bits per heavy atom. The van der Waals surface area contributed by atoms with Gasteiger partial charge >= 0.3 is 0 Å². The van der Waals surface area contributed by atoms with Crippen LogP contribution in [0.2, 0.25) is 0 Å². The lowest BCUT2D eigenvalue weighted by molar-refractivity contribution is 0.343. The molecule has 15 heavy (non-hydrogen) atoms. The van der Waals surface area contributed by atoms with Crippen molar-refractivity contribution in [2.24, 2.45) is 13.0 Å². The van der Waals surface area contributed by atoms with Crippen LogP contribution in [0.25, 0.3) is 0 Å². The first-order chi connectivity index (χ1) is 7.15. The maximum absolute atomic E-state index is 4.27. The molecule has 0 aromatic carbocycles. The van der Waals surface area contributed by atoms with Gasteiger partial charge in [0.25, 0.3) is 0 Å². The zero-order valence-corrected chi connectivity index (χ0v) is 11.5. The van der Waals surface area contributed by atoms with Crippen molar-refractivity contribution in [2.75, 3.05) is 7.05 Å². The normalized spacial score (nSPS) is 13.5. The molecule has 0 aliphatic carbocycles. The van der Waals surface area contributed by atoms with Crippen molar-refractivity contribution >= 4 is 15.9 Å². The molecule has 0 aliphatic rings. The number of aromatic nitrogens is 2. The summed E-state index contributed by atoms with van der Waals surface area (Å²) in [6, 6.07) is 0.377. The Kier molecular flexibility index (Phi) is 4.80. The molecule has 0 aliphatic heterocycles. The van der Waals surface area contributed by atoms with Gasteiger partial charge in [-0.2, -0.15) is 5.10 Å². The summed E-state index contributed by atoms with van der Waals surface area (Å²) < 4.78 is 3.04. The summed E-state index contributed by atoms with van der Waals surface area (Å²) in [5, 5.41) is 7.66. The van der Waals surface area contributed by atoms with E-state index in [0.717, 1.165) is 4.47 Å². The molecule has 0 amide bonds. The molecule has 1 aromatic heterocycles. The van der Waals surface area contributed by atoms with Gasteiger partial charge in [0, 0.05) is 7.05 Å². The van der Waals surface area contributed by atoms with Gasteiger partial charge < -0.3 is 5.32 Å². The third kappa shape index (κ3) is 2.61. The lowest BCUT2D eigenvalue weighted by Crippen LogP contribution is -2.27. The summed E-state index contributed by atoms with van der Waals surface area (Å²) >= 11 is 3.56. The average Bonchev–Trinajstić information content (AvgIpc) is 2.56. The Labute approximate surface area is 100 Å². The molecule has 1 unspecified atom stereocenters. The molecule has 4 heteroatoms. The zero-order valence-electron chi connectivity index (χ0n) is 9.92. The van der Waals surface area contributed by atoms with E-state index in [1.54, 1.807) is 0 Å². The van der Waals surface area contributed by atoms with Crippen molar-refractivity contribution in [3.05, 3.63) is 16.4 Å². The first-order valence-electron chi connectivity index (χ1n) is 5.50.